The van der Waals surface area contributed by atoms with Crippen LogP contribution in [-0.2, 0) is 6.42 Å². The maximum absolute atomic E-state index is 11.7. The number of aryl methyl sites for hydroxylation is 1. The molecule has 0 aliphatic rings. The van der Waals surface area contributed by atoms with E-state index >= 15 is 0 Å². The molecule has 0 saturated carbocycles. The number of nitrogens with one attached hydrogen (secondary N) is 2. The van der Waals surface area contributed by atoms with Crippen LogP contribution in [0.3, 0.4) is 0 Å². The number of thiophene rings is 1. The molecule has 3 N–H and O–H groups in total. The summed E-state index contributed by atoms with van der Waals surface area (Å²) in [6.45, 7) is 2.26. The summed E-state index contributed by atoms with van der Waals surface area (Å²) >= 11 is 2.92. The molecule has 0 spiro atoms. The molecular formula is C13H17N3O2S2. The molecule has 0 saturated heterocycles. The molecule has 1 atom stereocenters. The quantitative estimate of drug-likeness (QED) is 0.767. The van der Waals surface area contributed by atoms with Crippen molar-refractivity contribution in [2.75, 3.05) is 11.9 Å². The highest BCUT2D eigenvalue weighted by molar-refractivity contribution is 7.13. The maximum Gasteiger partial charge on any atom is 0.321 e. The van der Waals surface area contributed by atoms with E-state index < -0.39 is 6.10 Å². The van der Waals surface area contributed by atoms with Crippen LogP contribution in [0.15, 0.2) is 22.2 Å². The Bertz CT molecular complexity index is 540. The Kier molecular flexibility index (Phi) is 5.51. The number of anilines is 1. The first kappa shape index (κ1) is 15.0. The van der Waals surface area contributed by atoms with Crippen molar-refractivity contribution in [2.24, 2.45) is 0 Å². The molecule has 2 aromatic rings. The number of rotatable bonds is 6. The molecule has 0 fully saturated rings. The Morgan fingerprint density at radius 3 is 3.05 bits per heavy atom. The van der Waals surface area contributed by atoms with Crippen LogP contribution in [0.4, 0.5) is 9.93 Å². The Morgan fingerprint density at radius 2 is 2.35 bits per heavy atom. The molecule has 2 rings (SSSR count). The van der Waals surface area contributed by atoms with Crippen LogP contribution in [-0.4, -0.2) is 22.7 Å². The van der Waals surface area contributed by atoms with E-state index in [0.717, 1.165) is 24.1 Å². The average molecular weight is 311 g/mol. The number of aromatic nitrogens is 1. The first-order chi connectivity index (χ1) is 9.69. The van der Waals surface area contributed by atoms with Gasteiger partial charge in [-0.3, -0.25) is 5.32 Å². The van der Waals surface area contributed by atoms with E-state index in [-0.39, 0.29) is 12.6 Å². The van der Waals surface area contributed by atoms with Crippen molar-refractivity contribution in [3.63, 3.8) is 0 Å². The highest BCUT2D eigenvalue weighted by Gasteiger charge is 2.11. The maximum atomic E-state index is 11.7. The number of hydrogen-bond donors (Lipinski definition) is 3. The van der Waals surface area contributed by atoms with Gasteiger partial charge in [-0.15, -0.1) is 11.3 Å². The van der Waals surface area contributed by atoms with Gasteiger partial charge in [0.25, 0.3) is 0 Å². The molecule has 0 radical (unpaired) electrons. The lowest BCUT2D eigenvalue weighted by Crippen LogP contribution is -2.32. The zero-order chi connectivity index (χ0) is 14.4. The minimum Gasteiger partial charge on any atom is -0.387 e. The van der Waals surface area contributed by atoms with E-state index in [4.69, 9.17) is 0 Å². The van der Waals surface area contributed by atoms with Gasteiger partial charge in [0, 0.05) is 11.9 Å². The SMILES string of the molecule is CCCc1csc(NC(=O)NCC(O)c2ccsc2)n1. The number of aliphatic hydroxyl groups excluding tert-OH is 1. The molecule has 0 aromatic carbocycles. The highest BCUT2D eigenvalue weighted by atomic mass is 32.1. The van der Waals surface area contributed by atoms with Crippen molar-refractivity contribution < 1.29 is 9.90 Å². The van der Waals surface area contributed by atoms with Crippen LogP contribution < -0.4 is 10.6 Å². The second-order valence-corrected chi connectivity index (χ2v) is 5.94. The Labute approximate surface area is 125 Å². The van der Waals surface area contributed by atoms with Crippen LogP contribution >= 0.6 is 22.7 Å². The summed E-state index contributed by atoms with van der Waals surface area (Å²) in [7, 11) is 0. The van der Waals surface area contributed by atoms with Gasteiger partial charge in [0.15, 0.2) is 5.13 Å². The third-order valence-corrected chi connectivity index (χ3v) is 4.17. The van der Waals surface area contributed by atoms with Gasteiger partial charge >= 0.3 is 6.03 Å². The number of amides is 2. The molecule has 0 aliphatic heterocycles. The lowest BCUT2D eigenvalue weighted by molar-refractivity contribution is 0.175. The summed E-state index contributed by atoms with van der Waals surface area (Å²) in [5.41, 5.74) is 1.81. The van der Waals surface area contributed by atoms with Crippen LogP contribution in [0.1, 0.15) is 30.7 Å². The van der Waals surface area contributed by atoms with Crippen molar-refractivity contribution in [1.29, 1.82) is 0 Å². The molecule has 5 nitrogen and oxygen atoms in total. The average Bonchev–Trinajstić information content (AvgIpc) is 3.08. The summed E-state index contributed by atoms with van der Waals surface area (Å²) < 4.78 is 0. The smallest absolute Gasteiger partial charge is 0.321 e. The second-order valence-electron chi connectivity index (χ2n) is 4.30. The molecular weight excluding hydrogens is 294 g/mol. The first-order valence-corrected chi connectivity index (χ1v) is 8.20. The first-order valence-electron chi connectivity index (χ1n) is 6.38. The minimum atomic E-state index is -0.682. The number of carbonyl (C=O) groups is 1. The third-order valence-electron chi connectivity index (χ3n) is 2.66. The lowest BCUT2D eigenvalue weighted by Gasteiger charge is -2.10. The molecule has 0 aliphatic carbocycles. The summed E-state index contributed by atoms with van der Waals surface area (Å²) in [5.74, 6) is 0. The van der Waals surface area contributed by atoms with Crippen molar-refractivity contribution >= 4 is 33.8 Å². The Hall–Kier alpha value is -1.44. The van der Waals surface area contributed by atoms with Crippen molar-refractivity contribution in [1.82, 2.24) is 10.3 Å². The fourth-order valence-electron chi connectivity index (χ4n) is 1.65. The Balaban J connectivity index is 1.77. The van der Waals surface area contributed by atoms with Crippen molar-refractivity contribution in [3.8, 4) is 0 Å². The number of carbonyl (C=O) groups excluding carboxylic acids is 1. The number of nitrogens with zero attached hydrogens (tertiary/aromatic N) is 1. The summed E-state index contributed by atoms with van der Waals surface area (Å²) in [6.07, 6.45) is 1.26. The third kappa shape index (κ3) is 4.29. The predicted molar refractivity (Wildman–Crippen MR) is 82.4 cm³/mol. The zero-order valence-corrected chi connectivity index (χ0v) is 12.8. The molecule has 1 unspecified atom stereocenters. The summed E-state index contributed by atoms with van der Waals surface area (Å²) in [4.78, 5) is 16.0. The van der Waals surface area contributed by atoms with E-state index in [0.29, 0.717) is 5.13 Å². The van der Waals surface area contributed by atoms with E-state index in [1.54, 1.807) is 0 Å². The largest absolute Gasteiger partial charge is 0.387 e. The van der Waals surface area contributed by atoms with E-state index in [2.05, 4.69) is 22.5 Å². The molecule has 2 aromatic heterocycles. The van der Waals surface area contributed by atoms with Gasteiger partial charge in [-0.25, -0.2) is 9.78 Å². The van der Waals surface area contributed by atoms with E-state index in [1.165, 1.54) is 22.7 Å². The Morgan fingerprint density at radius 1 is 1.50 bits per heavy atom. The number of thiazole rings is 1. The van der Waals surface area contributed by atoms with Crippen LogP contribution in [0.25, 0.3) is 0 Å². The fourth-order valence-corrected chi connectivity index (χ4v) is 3.10. The second kappa shape index (κ2) is 7.37. The standard InChI is InChI=1S/C13H17N3O2S2/c1-2-3-10-8-20-13(15-10)16-12(18)14-6-11(17)9-4-5-19-7-9/h4-5,7-8,11,17H,2-3,6H2,1H3,(H2,14,15,16,18). The van der Waals surface area contributed by atoms with Crippen molar-refractivity contribution in [3.05, 3.63) is 33.5 Å². The van der Waals surface area contributed by atoms with Crippen LogP contribution in [0.5, 0.6) is 0 Å². The van der Waals surface area contributed by atoms with Gasteiger partial charge in [-0.1, -0.05) is 13.3 Å². The topological polar surface area (TPSA) is 74.2 Å². The zero-order valence-electron chi connectivity index (χ0n) is 11.1. The van der Waals surface area contributed by atoms with E-state index in [9.17, 15) is 9.90 Å². The number of urea groups is 1. The van der Waals surface area contributed by atoms with Gasteiger partial charge in [-0.05, 0) is 28.8 Å². The van der Waals surface area contributed by atoms with Gasteiger partial charge in [0.2, 0.25) is 0 Å². The lowest BCUT2D eigenvalue weighted by atomic mass is 10.2. The monoisotopic (exact) mass is 311 g/mol. The van der Waals surface area contributed by atoms with Gasteiger partial charge < -0.3 is 10.4 Å². The molecule has 108 valence electrons. The van der Waals surface area contributed by atoms with Gasteiger partial charge in [0.1, 0.15) is 0 Å². The van der Waals surface area contributed by atoms with Crippen LogP contribution in [0, 0.1) is 0 Å². The van der Waals surface area contributed by atoms with Gasteiger partial charge in [-0.2, -0.15) is 11.3 Å². The molecule has 20 heavy (non-hydrogen) atoms. The van der Waals surface area contributed by atoms with Crippen molar-refractivity contribution in [2.45, 2.75) is 25.9 Å². The summed E-state index contributed by atoms with van der Waals surface area (Å²) in [5, 5.41) is 21.4. The normalized spacial score (nSPS) is 12.1. The molecule has 7 heteroatoms. The minimum absolute atomic E-state index is 0.176. The van der Waals surface area contributed by atoms with Crippen LogP contribution in [0.2, 0.25) is 0 Å². The highest BCUT2D eigenvalue weighted by Crippen LogP contribution is 2.17. The molecule has 0 bridgehead atoms. The number of aliphatic hydroxyl groups is 1. The fraction of sp³-hybridized carbons (Fsp3) is 0.385. The number of hydrogen-bond acceptors (Lipinski definition) is 5. The van der Waals surface area contributed by atoms with E-state index in [1.807, 2.05) is 22.2 Å². The predicted octanol–water partition coefficient (Wildman–Crippen LogP) is 3.01. The molecule has 2 heterocycles. The van der Waals surface area contributed by atoms with Gasteiger partial charge in [0.05, 0.1) is 11.8 Å². The molecule has 2 amide bonds. The summed E-state index contributed by atoms with van der Waals surface area (Å²) in [6, 6.07) is 1.49.